The summed E-state index contributed by atoms with van der Waals surface area (Å²) in [6.45, 7) is 24.9. The Kier molecular flexibility index (Phi) is 17.2. The van der Waals surface area contributed by atoms with Gasteiger partial charge < -0.3 is 52.8 Å². The maximum atomic E-state index is 13.4. The first-order chi connectivity index (χ1) is 36.1. The predicted molar refractivity (Wildman–Crippen MR) is 297 cm³/mol. The molecule has 2 saturated heterocycles. The number of ether oxygens (including phenoxy) is 5. The molecule has 1 amide bonds. The Hall–Kier alpha value is -6.35. The molecule has 10 rings (SSSR count). The Morgan fingerprint density at radius 3 is 1.55 bits per heavy atom. The Morgan fingerprint density at radius 2 is 1.05 bits per heavy atom. The molecule has 2 aromatic heterocycles. The van der Waals surface area contributed by atoms with Gasteiger partial charge in [0.15, 0.2) is 23.0 Å². The molecule has 0 spiro atoms. The number of pyridine rings is 2. The van der Waals surface area contributed by atoms with E-state index in [1.165, 1.54) is 16.7 Å². The van der Waals surface area contributed by atoms with Crippen LogP contribution < -0.4 is 35.4 Å². The Labute approximate surface area is 442 Å². The maximum Gasteiger partial charge on any atom is 0.410 e. The summed E-state index contributed by atoms with van der Waals surface area (Å²) in [6, 6.07) is 32.8. The van der Waals surface area contributed by atoms with Gasteiger partial charge in [-0.3, -0.25) is 9.59 Å². The third-order valence-corrected chi connectivity index (χ3v) is 15.0. The molecule has 14 nitrogen and oxygen atoms in total. The number of piperidine rings is 2. The number of aromatic nitrogens is 2. The molecule has 6 heterocycles. The lowest BCUT2D eigenvalue weighted by molar-refractivity contribution is 0.00562. The Balaban J connectivity index is 0.000000187. The minimum absolute atomic E-state index is 0.0280. The molecule has 4 aromatic carbocycles. The van der Waals surface area contributed by atoms with Crippen LogP contribution in [0.5, 0.6) is 23.0 Å². The van der Waals surface area contributed by atoms with E-state index in [0.29, 0.717) is 57.4 Å². The van der Waals surface area contributed by atoms with E-state index in [2.05, 4.69) is 91.3 Å². The zero-order valence-corrected chi connectivity index (χ0v) is 45.3. The molecule has 75 heavy (non-hydrogen) atoms. The van der Waals surface area contributed by atoms with Crippen molar-refractivity contribution in [1.29, 1.82) is 0 Å². The summed E-state index contributed by atoms with van der Waals surface area (Å²) in [7, 11) is 0. The van der Waals surface area contributed by atoms with Gasteiger partial charge in [0, 0.05) is 76.6 Å². The number of likely N-dealkylation sites (tertiary alicyclic amines) is 2. The van der Waals surface area contributed by atoms with Gasteiger partial charge in [0.2, 0.25) is 0 Å². The van der Waals surface area contributed by atoms with Gasteiger partial charge in [0.25, 0.3) is 11.1 Å². The number of fused-ring (bicyclic) bond motifs is 4. The summed E-state index contributed by atoms with van der Waals surface area (Å²) in [5.74, 6) is 4.07. The zero-order chi connectivity index (χ0) is 52.6. The molecule has 1 N–H and O–H groups in total. The van der Waals surface area contributed by atoms with E-state index >= 15 is 0 Å². The van der Waals surface area contributed by atoms with E-state index in [1.54, 1.807) is 12.1 Å². The fraction of sp³-hybridized carbons (Fsp3) is 0.492. The fourth-order valence-corrected chi connectivity index (χ4v) is 10.6. The second-order valence-corrected chi connectivity index (χ2v) is 22.2. The van der Waals surface area contributed by atoms with Crippen LogP contribution in [0.4, 0.5) is 4.79 Å². The number of nitrogens with one attached hydrogen (secondary N) is 1. The third kappa shape index (κ3) is 13.7. The molecule has 14 heteroatoms. The van der Waals surface area contributed by atoms with Crippen molar-refractivity contribution in [2.75, 3.05) is 65.7 Å². The minimum Gasteiger partial charge on any atom is -0.486 e. The van der Waals surface area contributed by atoms with Crippen LogP contribution in [0, 0.1) is 0 Å². The van der Waals surface area contributed by atoms with Gasteiger partial charge in [-0.15, -0.1) is 0 Å². The Bertz CT molecular complexity index is 3030. The molecule has 400 valence electrons. The number of rotatable bonds is 14. The van der Waals surface area contributed by atoms with Crippen molar-refractivity contribution >= 4 is 27.9 Å². The van der Waals surface area contributed by atoms with Crippen LogP contribution in [0.1, 0.15) is 108 Å². The van der Waals surface area contributed by atoms with Crippen LogP contribution in [0.15, 0.2) is 107 Å². The normalized spacial score (nSPS) is 16.5. The second kappa shape index (κ2) is 24.1. The van der Waals surface area contributed by atoms with Crippen molar-refractivity contribution in [3.8, 4) is 23.0 Å². The van der Waals surface area contributed by atoms with Gasteiger partial charge in [0.05, 0.1) is 11.0 Å². The molecule has 0 bridgehead atoms. The SMILES string of the molecule is CC(C)c1ccc2c(ccc(=O)n2CCN2CCC(N(Cc3ccc4c(c3)OCCO4)C(=O)OC(C)(C)C)CC2)c1.CC(C)c1ccc2c(ccc(=O)n2CCN2CCC(NCc3ccc4c(c3)OCCO4)CC2)c1. The lowest BCUT2D eigenvalue weighted by Crippen LogP contribution is -2.49. The van der Waals surface area contributed by atoms with E-state index in [9.17, 15) is 14.4 Å². The van der Waals surface area contributed by atoms with Crippen molar-refractivity contribution in [1.82, 2.24) is 29.2 Å². The monoisotopic (exact) mass is 1020 g/mol. The number of carbonyl (C=O) groups excluding carboxylic acids is 1. The number of carbonyl (C=O) groups is 1. The minimum atomic E-state index is -0.579. The number of hydrogen-bond acceptors (Lipinski definition) is 11. The summed E-state index contributed by atoms with van der Waals surface area (Å²) < 4.78 is 32.4. The average molecular weight is 1020 g/mol. The molecule has 0 atom stereocenters. The first-order valence-electron chi connectivity index (χ1n) is 27.4. The van der Waals surface area contributed by atoms with E-state index in [0.717, 1.165) is 128 Å². The van der Waals surface area contributed by atoms with Crippen LogP contribution in [-0.2, 0) is 30.9 Å². The van der Waals surface area contributed by atoms with Gasteiger partial charge in [-0.25, -0.2) is 4.79 Å². The topological polar surface area (TPSA) is 129 Å². The highest BCUT2D eigenvalue weighted by Gasteiger charge is 2.32. The summed E-state index contributed by atoms with van der Waals surface area (Å²) in [5, 5.41) is 5.95. The first-order valence-corrected chi connectivity index (χ1v) is 27.4. The number of benzene rings is 4. The van der Waals surface area contributed by atoms with E-state index in [4.69, 9.17) is 23.7 Å². The van der Waals surface area contributed by atoms with Gasteiger partial charge in [-0.2, -0.15) is 0 Å². The lowest BCUT2D eigenvalue weighted by atomic mass is 10.0. The average Bonchev–Trinajstić information content (AvgIpc) is 3.41. The van der Waals surface area contributed by atoms with Gasteiger partial charge in [-0.05, 0) is 165 Å². The van der Waals surface area contributed by atoms with E-state index in [1.807, 2.05) is 71.2 Å². The van der Waals surface area contributed by atoms with Crippen LogP contribution in [0.25, 0.3) is 21.8 Å². The number of nitrogens with zero attached hydrogens (tertiary/aromatic N) is 5. The molecule has 4 aliphatic rings. The van der Waals surface area contributed by atoms with E-state index in [-0.39, 0.29) is 23.3 Å². The smallest absolute Gasteiger partial charge is 0.410 e. The highest BCUT2D eigenvalue weighted by Crippen LogP contribution is 2.33. The maximum absolute atomic E-state index is 13.4. The predicted octanol–water partition coefficient (Wildman–Crippen LogP) is 9.95. The van der Waals surface area contributed by atoms with Crippen LogP contribution >= 0.6 is 0 Å². The summed E-state index contributed by atoms with van der Waals surface area (Å²) in [5.41, 5.74) is 6.34. The molecular weight excluding hydrogens is 945 g/mol. The molecular formula is C61H78N6O8. The van der Waals surface area contributed by atoms with Gasteiger partial charge in [-0.1, -0.05) is 52.0 Å². The quantitative estimate of drug-likeness (QED) is 0.112. The molecule has 4 aliphatic heterocycles. The summed E-state index contributed by atoms with van der Waals surface area (Å²) in [4.78, 5) is 45.5. The molecule has 0 saturated carbocycles. The third-order valence-electron chi connectivity index (χ3n) is 15.0. The molecule has 2 fully saturated rings. The molecule has 6 aromatic rings. The Morgan fingerprint density at radius 1 is 0.587 bits per heavy atom. The van der Waals surface area contributed by atoms with Crippen LogP contribution in [0.2, 0.25) is 0 Å². The molecule has 0 unspecified atom stereocenters. The van der Waals surface area contributed by atoms with Crippen molar-refractivity contribution in [3.63, 3.8) is 0 Å². The van der Waals surface area contributed by atoms with Crippen molar-refractivity contribution < 1.29 is 28.5 Å². The van der Waals surface area contributed by atoms with Crippen LogP contribution in [0.3, 0.4) is 0 Å². The highest BCUT2D eigenvalue weighted by molar-refractivity contribution is 5.80. The summed E-state index contributed by atoms with van der Waals surface area (Å²) >= 11 is 0. The zero-order valence-electron chi connectivity index (χ0n) is 45.3. The van der Waals surface area contributed by atoms with Crippen LogP contribution in [-0.4, -0.2) is 113 Å². The van der Waals surface area contributed by atoms with Crippen molar-refractivity contribution in [2.45, 2.75) is 130 Å². The largest absolute Gasteiger partial charge is 0.486 e. The van der Waals surface area contributed by atoms with E-state index < -0.39 is 5.60 Å². The van der Waals surface area contributed by atoms with Crippen molar-refractivity contribution in [2.24, 2.45) is 0 Å². The second-order valence-electron chi connectivity index (χ2n) is 22.2. The van der Waals surface area contributed by atoms with Gasteiger partial charge >= 0.3 is 6.09 Å². The number of amides is 1. The van der Waals surface area contributed by atoms with Crippen molar-refractivity contribution in [3.05, 3.63) is 140 Å². The lowest BCUT2D eigenvalue weighted by Gasteiger charge is -2.39. The standard InChI is InChI=1S/C33H43N3O5.C28H35N3O3/c1-23(2)25-7-9-28-26(21-25)8-11-31(37)35(28)17-16-34-14-12-27(13-15-34)36(32(38)41-33(3,4)5)22-24-6-10-29-30(20-24)40-19-18-39-29;1-20(2)22-4-6-25-23(18-22)5-8-28(32)31(25)14-13-30-11-9-24(10-12-30)29-19-21-3-7-26-27(17-21)34-16-15-33-26/h6-11,20-21,23,27H,12-19,22H2,1-5H3;3-8,17-18,20,24,29H,9-16,19H2,1-2H3. The fourth-order valence-electron chi connectivity index (χ4n) is 10.6. The highest BCUT2D eigenvalue weighted by atomic mass is 16.6. The summed E-state index contributed by atoms with van der Waals surface area (Å²) in [6.07, 6.45) is 3.62. The molecule has 0 radical (unpaired) electrons. The van der Waals surface area contributed by atoms with Gasteiger partial charge in [0.1, 0.15) is 32.0 Å². The number of hydrogen-bond donors (Lipinski definition) is 1. The first kappa shape index (κ1) is 53.5. The molecule has 0 aliphatic carbocycles.